The molecule has 0 unspecified atom stereocenters. The molecule has 1 heterocycles. The van der Waals surface area contributed by atoms with Crippen LogP contribution in [0.4, 0.5) is 0 Å². The maximum Gasteiger partial charge on any atom is 0.341 e. The molecule has 0 saturated carbocycles. The summed E-state index contributed by atoms with van der Waals surface area (Å²) in [4.78, 5) is 15.9. The molecule has 0 radical (unpaired) electrons. The summed E-state index contributed by atoms with van der Waals surface area (Å²) in [7, 11) is 0. The molecular formula is C20H16ClNO3. The Morgan fingerprint density at radius 1 is 1.20 bits per heavy atom. The third-order valence-electron chi connectivity index (χ3n) is 4.48. The van der Waals surface area contributed by atoms with Gasteiger partial charge in [-0.15, -0.1) is 0 Å². The number of carbonyl (C=O) groups is 1. The number of benzene rings is 2. The molecule has 1 aliphatic carbocycles. The number of hydrogen-bond acceptors (Lipinski definition) is 3. The van der Waals surface area contributed by atoms with Crippen LogP contribution in [0.25, 0.3) is 22.2 Å². The quantitative estimate of drug-likeness (QED) is 0.752. The summed E-state index contributed by atoms with van der Waals surface area (Å²) in [5.74, 6) is -0.420. The van der Waals surface area contributed by atoms with Gasteiger partial charge in [0.05, 0.1) is 11.2 Å². The second-order valence-corrected chi connectivity index (χ2v) is 6.56. The zero-order valence-corrected chi connectivity index (χ0v) is 14.2. The van der Waals surface area contributed by atoms with E-state index in [0.29, 0.717) is 10.8 Å². The first kappa shape index (κ1) is 15.9. The Bertz CT molecular complexity index is 984. The first-order chi connectivity index (χ1) is 12.1. The van der Waals surface area contributed by atoms with Crippen LogP contribution in [-0.2, 0) is 17.6 Å². The molecule has 4 rings (SSSR count). The number of aryl methyl sites for hydroxylation is 1. The Morgan fingerprint density at radius 2 is 2.04 bits per heavy atom. The third kappa shape index (κ3) is 2.94. The Hall–Kier alpha value is -2.59. The lowest BCUT2D eigenvalue weighted by Crippen LogP contribution is -2.11. The summed E-state index contributed by atoms with van der Waals surface area (Å²) in [6.07, 6.45) is 2.71. The SMILES string of the molecule is O=C(O)COc1c2c(nc3ccc(Cl)cc13)-c1ccccc1CCC2. The van der Waals surface area contributed by atoms with E-state index < -0.39 is 5.97 Å². The molecule has 0 atom stereocenters. The Labute approximate surface area is 150 Å². The monoisotopic (exact) mass is 353 g/mol. The summed E-state index contributed by atoms with van der Waals surface area (Å²) < 4.78 is 5.71. The van der Waals surface area contributed by atoms with E-state index in [0.717, 1.165) is 47.0 Å². The van der Waals surface area contributed by atoms with Gasteiger partial charge in [0, 0.05) is 21.5 Å². The maximum absolute atomic E-state index is 11.0. The zero-order chi connectivity index (χ0) is 17.4. The van der Waals surface area contributed by atoms with E-state index >= 15 is 0 Å². The van der Waals surface area contributed by atoms with Gasteiger partial charge in [0.1, 0.15) is 5.75 Å². The minimum atomic E-state index is -1.00. The molecule has 126 valence electrons. The molecular weight excluding hydrogens is 338 g/mol. The van der Waals surface area contributed by atoms with Crippen molar-refractivity contribution in [2.45, 2.75) is 19.3 Å². The summed E-state index contributed by atoms with van der Waals surface area (Å²) >= 11 is 6.15. The molecule has 1 aliphatic rings. The molecule has 0 saturated heterocycles. The lowest BCUT2D eigenvalue weighted by molar-refractivity contribution is -0.139. The zero-order valence-electron chi connectivity index (χ0n) is 13.5. The second-order valence-electron chi connectivity index (χ2n) is 6.12. The Morgan fingerprint density at radius 3 is 2.88 bits per heavy atom. The molecule has 3 aromatic rings. The van der Waals surface area contributed by atoms with E-state index in [2.05, 4.69) is 12.1 Å². The van der Waals surface area contributed by atoms with Gasteiger partial charge >= 0.3 is 5.97 Å². The number of pyridine rings is 1. The van der Waals surface area contributed by atoms with Crippen molar-refractivity contribution >= 4 is 28.5 Å². The number of carboxylic acids is 1. The van der Waals surface area contributed by atoms with Crippen molar-refractivity contribution in [2.75, 3.05) is 6.61 Å². The van der Waals surface area contributed by atoms with Gasteiger partial charge in [0.2, 0.25) is 0 Å². The van der Waals surface area contributed by atoms with E-state index in [1.54, 1.807) is 12.1 Å². The van der Waals surface area contributed by atoms with Gasteiger partial charge in [-0.3, -0.25) is 0 Å². The predicted molar refractivity (Wildman–Crippen MR) is 97.3 cm³/mol. The number of fused-ring (bicyclic) bond motifs is 4. The number of aliphatic carboxylic acids is 1. The number of ether oxygens (including phenoxy) is 1. The molecule has 2 aromatic carbocycles. The summed E-state index contributed by atoms with van der Waals surface area (Å²) in [6, 6.07) is 13.6. The number of rotatable bonds is 3. The van der Waals surface area contributed by atoms with Crippen LogP contribution < -0.4 is 4.74 Å². The lowest BCUT2D eigenvalue weighted by atomic mass is 9.99. The smallest absolute Gasteiger partial charge is 0.341 e. The van der Waals surface area contributed by atoms with E-state index in [4.69, 9.17) is 26.4 Å². The van der Waals surface area contributed by atoms with Gasteiger partial charge in [-0.05, 0) is 43.0 Å². The largest absolute Gasteiger partial charge is 0.481 e. The highest BCUT2D eigenvalue weighted by Gasteiger charge is 2.22. The van der Waals surface area contributed by atoms with Crippen LogP contribution in [0.1, 0.15) is 17.5 Å². The van der Waals surface area contributed by atoms with E-state index in [-0.39, 0.29) is 6.61 Å². The molecule has 0 amide bonds. The second kappa shape index (κ2) is 6.37. The molecule has 5 heteroatoms. The van der Waals surface area contributed by atoms with Crippen molar-refractivity contribution in [3.8, 4) is 17.0 Å². The molecule has 0 fully saturated rings. The number of hydrogen-bond donors (Lipinski definition) is 1. The highest BCUT2D eigenvalue weighted by molar-refractivity contribution is 6.31. The van der Waals surface area contributed by atoms with Crippen LogP contribution >= 0.6 is 11.6 Å². The first-order valence-corrected chi connectivity index (χ1v) is 8.56. The fraction of sp³-hybridized carbons (Fsp3) is 0.200. The standard InChI is InChI=1S/C20H16ClNO3/c21-13-8-9-17-16(10-13)20(25-11-18(23)24)15-7-3-5-12-4-1-2-6-14(12)19(15)22-17/h1-2,4,6,8-10H,3,5,7,11H2,(H,23,24). The summed E-state index contributed by atoms with van der Waals surface area (Å²) in [6.45, 7) is -0.389. The molecule has 0 bridgehead atoms. The predicted octanol–water partition coefficient (Wildman–Crippen LogP) is 4.51. The van der Waals surface area contributed by atoms with Gasteiger partial charge < -0.3 is 9.84 Å². The number of carboxylic acid groups (broad SMARTS) is 1. The summed E-state index contributed by atoms with van der Waals surface area (Å²) in [5, 5.41) is 10.4. The fourth-order valence-corrected chi connectivity index (χ4v) is 3.60. The average molecular weight is 354 g/mol. The van der Waals surface area contributed by atoms with Gasteiger partial charge in [-0.25, -0.2) is 9.78 Å². The van der Waals surface area contributed by atoms with E-state index in [9.17, 15) is 4.79 Å². The maximum atomic E-state index is 11.0. The lowest BCUT2D eigenvalue weighted by Gasteiger charge is -2.16. The molecule has 1 N–H and O–H groups in total. The van der Waals surface area contributed by atoms with Crippen LogP contribution in [0, 0.1) is 0 Å². The van der Waals surface area contributed by atoms with Crippen LogP contribution in [-0.4, -0.2) is 22.7 Å². The van der Waals surface area contributed by atoms with Crippen molar-refractivity contribution in [3.63, 3.8) is 0 Å². The van der Waals surface area contributed by atoms with E-state index in [1.165, 1.54) is 5.56 Å². The van der Waals surface area contributed by atoms with Crippen molar-refractivity contribution in [1.29, 1.82) is 0 Å². The van der Waals surface area contributed by atoms with Crippen LogP contribution in [0.5, 0.6) is 5.75 Å². The van der Waals surface area contributed by atoms with Gasteiger partial charge in [-0.2, -0.15) is 0 Å². The van der Waals surface area contributed by atoms with Crippen LogP contribution in [0.2, 0.25) is 5.02 Å². The molecule has 1 aromatic heterocycles. The van der Waals surface area contributed by atoms with Crippen molar-refractivity contribution in [1.82, 2.24) is 4.98 Å². The highest BCUT2D eigenvalue weighted by Crippen LogP contribution is 2.40. The Balaban J connectivity index is 2.01. The van der Waals surface area contributed by atoms with Crippen molar-refractivity contribution < 1.29 is 14.6 Å². The minimum absolute atomic E-state index is 0.389. The highest BCUT2D eigenvalue weighted by atomic mass is 35.5. The van der Waals surface area contributed by atoms with Gasteiger partial charge in [-0.1, -0.05) is 35.9 Å². The van der Waals surface area contributed by atoms with Gasteiger partial charge in [0.25, 0.3) is 0 Å². The van der Waals surface area contributed by atoms with Crippen LogP contribution in [0.3, 0.4) is 0 Å². The first-order valence-electron chi connectivity index (χ1n) is 8.18. The summed E-state index contributed by atoms with van der Waals surface area (Å²) in [5.41, 5.74) is 4.93. The van der Waals surface area contributed by atoms with Crippen molar-refractivity contribution in [2.24, 2.45) is 0 Å². The van der Waals surface area contributed by atoms with Crippen LogP contribution in [0.15, 0.2) is 42.5 Å². The fourth-order valence-electron chi connectivity index (χ4n) is 3.42. The molecule has 25 heavy (non-hydrogen) atoms. The van der Waals surface area contributed by atoms with Crippen molar-refractivity contribution in [3.05, 3.63) is 58.6 Å². The molecule has 4 nitrogen and oxygen atoms in total. The number of halogens is 1. The Kier molecular flexibility index (Phi) is 4.06. The minimum Gasteiger partial charge on any atom is -0.481 e. The van der Waals surface area contributed by atoms with Gasteiger partial charge in [0.15, 0.2) is 6.61 Å². The number of aromatic nitrogens is 1. The number of nitrogens with zero attached hydrogens (tertiary/aromatic N) is 1. The molecule has 0 spiro atoms. The normalized spacial score (nSPS) is 13.0. The van der Waals surface area contributed by atoms with E-state index in [1.807, 2.05) is 18.2 Å². The third-order valence-corrected chi connectivity index (χ3v) is 4.72. The molecule has 0 aliphatic heterocycles. The topological polar surface area (TPSA) is 59.4 Å². The average Bonchev–Trinajstić information content (AvgIpc) is 2.78.